The number of fused-ring (bicyclic) bond motifs is 1. The predicted octanol–water partition coefficient (Wildman–Crippen LogP) is 3.93. The quantitative estimate of drug-likeness (QED) is 0.805. The Bertz CT molecular complexity index is 427. The van der Waals surface area contributed by atoms with Crippen molar-refractivity contribution in [2.24, 2.45) is 5.92 Å². The number of piperidine rings is 1. The van der Waals surface area contributed by atoms with E-state index in [0.29, 0.717) is 0 Å². The Morgan fingerprint density at radius 2 is 1.95 bits per heavy atom. The number of hydrogen-bond donors (Lipinski definition) is 1. The highest BCUT2D eigenvalue weighted by Gasteiger charge is 2.33. The van der Waals surface area contributed by atoms with E-state index in [1.807, 2.05) is 0 Å². The van der Waals surface area contributed by atoms with Crippen LogP contribution in [0.15, 0.2) is 16.5 Å². The molecule has 0 amide bonds. The summed E-state index contributed by atoms with van der Waals surface area (Å²) in [6.07, 6.45) is 9.70. The first-order chi connectivity index (χ1) is 10.4. The lowest BCUT2D eigenvalue weighted by Crippen LogP contribution is -2.46. The van der Waals surface area contributed by atoms with Crippen LogP contribution in [0.3, 0.4) is 0 Å². The van der Waals surface area contributed by atoms with Gasteiger partial charge < -0.3 is 9.73 Å². The average molecular weight is 290 g/mol. The molecule has 3 nitrogen and oxygen atoms in total. The Morgan fingerprint density at radius 1 is 1.14 bits per heavy atom. The fourth-order valence-electron chi connectivity index (χ4n) is 4.12. The predicted molar refractivity (Wildman–Crippen MR) is 86.1 cm³/mol. The minimum absolute atomic E-state index is 0.819. The van der Waals surface area contributed by atoms with Crippen molar-refractivity contribution in [3.63, 3.8) is 0 Å². The van der Waals surface area contributed by atoms with Crippen molar-refractivity contribution in [2.75, 3.05) is 13.1 Å². The van der Waals surface area contributed by atoms with Crippen LogP contribution in [0.1, 0.15) is 63.4 Å². The summed E-state index contributed by atoms with van der Waals surface area (Å²) < 4.78 is 6.01. The first kappa shape index (κ1) is 15.1. The van der Waals surface area contributed by atoms with Gasteiger partial charge in [0.25, 0.3) is 0 Å². The molecule has 2 fully saturated rings. The highest BCUT2D eigenvalue weighted by Crippen LogP contribution is 2.36. The number of nitrogens with zero attached hydrogens (tertiary/aromatic N) is 1. The third-order valence-electron chi connectivity index (χ3n) is 5.16. The molecule has 118 valence electrons. The molecule has 1 N–H and O–H groups in total. The van der Waals surface area contributed by atoms with Gasteiger partial charge in [-0.05, 0) is 63.2 Å². The van der Waals surface area contributed by atoms with E-state index in [2.05, 4.69) is 29.3 Å². The SMILES string of the molecule is CCCNCc1ccc(CN2CCCC3CCCCC32)o1. The van der Waals surface area contributed by atoms with Crippen molar-refractivity contribution in [1.29, 1.82) is 0 Å². The summed E-state index contributed by atoms with van der Waals surface area (Å²) in [4.78, 5) is 2.69. The minimum Gasteiger partial charge on any atom is -0.463 e. The van der Waals surface area contributed by atoms with E-state index in [9.17, 15) is 0 Å². The Balaban J connectivity index is 1.55. The Morgan fingerprint density at radius 3 is 2.86 bits per heavy atom. The number of nitrogens with one attached hydrogen (secondary N) is 1. The molecular formula is C18H30N2O. The zero-order valence-corrected chi connectivity index (χ0v) is 13.4. The topological polar surface area (TPSA) is 28.4 Å². The molecular weight excluding hydrogens is 260 g/mol. The van der Waals surface area contributed by atoms with Gasteiger partial charge in [0, 0.05) is 6.04 Å². The summed E-state index contributed by atoms with van der Waals surface area (Å²) in [6.45, 7) is 6.38. The molecule has 2 atom stereocenters. The summed E-state index contributed by atoms with van der Waals surface area (Å²) in [5.41, 5.74) is 0. The van der Waals surface area contributed by atoms with Crippen molar-refractivity contribution in [3.05, 3.63) is 23.7 Å². The summed E-state index contributed by atoms with van der Waals surface area (Å²) in [5, 5.41) is 3.41. The maximum Gasteiger partial charge on any atom is 0.118 e. The molecule has 0 aromatic carbocycles. The molecule has 0 radical (unpaired) electrons. The van der Waals surface area contributed by atoms with Crippen LogP contribution in [0, 0.1) is 5.92 Å². The van der Waals surface area contributed by atoms with Crippen LogP contribution >= 0.6 is 0 Å². The van der Waals surface area contributed by atoms with Gasteiger partial charge in [0.2, 0.25) is 0 Å². The molecule has 0 bridgehead atoms. The van der Waals surface area contributed by atoms with Gasteiger partial charge in [-0.2, -0.15) is 0 Å². The van der Waals surface area contributed by atoms with Crippen molar-refractivity contribution in [3.8, 4) is 0 Å². The second-order valence-electron chi connectivity index (χ2n) is 6.77. The van der Waals surface area contributed by atoms with Crippen molar-refractivity contribution < 1.29 is 4.42 Å². The number of hydrogen-bond acceptors (Lipinski definition) is 3. The van der Waals surface area contributed by atoms with Gasteiger partial charge in [-0.3, -0.25) is 4.90 Å². The first-order valence-electron chi connectivity index (χ1n) is 8.89. The molecule has 0 spiro atoms. The maximum atomic E-state index is 6.01. The van der Waals surface area contributed by atoms with E-state index in [4.69, 9.17) is 4.42 Å². The lowest BCUT2D eigenvalue weighted by Gasteiger charge is -2.43. The van der Waals surface area contributed by atoms with Gasteiger partial charge >= 0.3 is 0 Å². The van der Waals surface area contributed by atoms with Crippen LogP contribution in [0.5, 0.6) is 0 Å². The summed E-state index contributed by atoms with van der Waals surface area (Å²) in [5.74, 6) is 3.18. The zero-order valence-electron chi connectivity index (χ0n) is 13.4. The van der Waals surface area contributed by atoms with Gasteiger partial charge in [-0.25, -0.2) is 0 Å². The Hall–Kier alpha value is -0.800. The van der Waals surface area contributed by atoms with E-state index in [-0.39, 0.29) is 0 Å². The minimum atomic E-state index is 0.819. The Labute approximate surface area is 129 Å². The highest BCUT2D eigenvalue weighted by molar-refractivity contribution is 5.07. The Kier molecular flexibility index (Phi) is 5.37. The van der Waals surface area contributed by atoms with Gasteiger partial charge in [0.1, 0.15) is 11.5 Å². The second-order valence-corrected chi connectivity index (χ2v) is 6.77. The van der Waals surface area contributed by atoms with Crippen LogP contribution in [0.2, 0.25) is 0 Å². The molecule has 2 heterocycles. The normalized spacial score (nSPS) is 26.7. The lowest BCUT2D eigenvalue weighted by atomic mass is 9.78. The van der Waals surface area contributed by atoms with Crippen LogP contribution in [-0.4, -0.2) is 24.0 Å². The third kappa shape index (κ3) is 3.89. The molecule has 1 aliphatic carbocycles. The van der Waals surface area contributed by atoms with E-state index in [1.165, 1.54) is 51.5 Å². The van der Waals surface area contributed by atoms with E-state index in [0.717, 1.165) is 43.1 Å². The van der Waals surface area contributed by atoms with Crippen LogP contribution in [0.4, 0.5) is 0 Å². The number of rotatable bonds is 6. The molecule has 3 rings (SSSR count). The molecule has 2 aliphatic rings. The molecule has 2 unspecified atom stereocenters. The van der Waals surface area contributed by atoms with Crippen LogP contribution < -0.4 is 5.32 Å². The molecule has 21 heavy (non-hydrogen) atoms. The summed E-state index contributed by atoms with van der Waals surface area (Å²) in [7, 11) is 0. The molecule has 1 aromatic heterocycles. The molecule has 1 saturated heterocycles. The largest absolute Gasteiger partial charge is 0.463 e. The molecule has 1 saturated carbocycles. The maximum absolute atomic E-state index is 6.01. The first-order valence-corrected chi connectivity index (χ1v) is 8.89. The zero-order chi connectivity index (χ0) is 14.5. The lowest BCUT2D eigenvalue weighted by molar-refractivity contribution is 0.0492. The van der Waals surface area contributed by atoms with Crippen LogP contribution in [0.25, 0.3) is 0 Å². The van der Waals surface area contributed by atoms with Crippen LogP contribution in [-0.2, 0) is 13.1 Å². The molecule has 3 heteroatoms. The standard InChI is InChI=1S/C18H30N2O/c1-2-11-19-13-16-9-10-17(21-16)14-20-12-5-7-15-6-3-4-8-18(15)20/h9-10,15,18-19H,2-8,11-14H2,1H3. The smallest absolute Gasteiger partial charge is 0.118 e. The van der Waals surface area contributed by atoms with Crippen molar-refractivity contribution in [2.45, 2.75) is 71.0 Å². The van der Waals surface area contributed by atoms with Crippen molar-refractivity contribution >= 4 is 0 Å². The van der Waals surface area contributed by atoms with Gasteiger partial charge in [-0.15, -0.1) is 0 Å². The molecule has 1 aliphatic heterocycles. The second kappa shape index (κ2) is 7.46. The monoisotopic (exact) mass is 290 g/mol. The van der Waals surface area contributed by atoms with E-state index in [1.54, 1.807) is 0 Å². The van der Waals surface area contributed by atoms with Crippen molar-refractivity contribution in [1.82, 2.24) is 10.2 Å². The van der Waals surface area contributed by atoms with Gasteiger partial charge in [0.15, 0.2) is 0 Å². The number of likely N-dealkylation sites (tertiary alicyclic amines) is 1. The van der Waals surface area contributed by atoms with Gasteiger partial charge in [-0.1, -0.05) is 19.8 Å². The van der Waals surface area contributed by atoms with Gasteiger partial charge in [0.05, 0.1) is 13.1 Å². The van der Waals surface area contributed by atoms with E-state index >= 15 is 0 Å². The summed E-state index contributed by atoms with van der Waals surface area (Å²) >= 11 is 0. The molecule has 1 aromatic rings. The third-order valence-corrected chi connectivity index (χ3v) is 5.16. The fourth-order valence-corrected chi connectivity index (χ4v) is 4.12. The summed E-state index contributed by atoms with van der Waals surface area (Å²) in [6, 6.07) is 5.13. The highest BCUT2D eigenvalue weighted by atomic mass is 16.3. The number of furan rings is 1. The fraction of sp³-hybridized carbons (Fsp3) is 0.778. The van der Waals surface area contributed by atoms with E-state index < -0.39 is 0 Å². The average Bonchev–Trinajstić information content (AvgIpc) is 2.96.